The molecule has 158 valence electrons. The van der Waals surface area contributed by atoms with Gasteiger partial charge in [0.25, 0.3) is 11.5 Å². The van der Waals surface area contributed by atoms with E-state index in [9.17, 15) is 22.8 Å². The topological polar surface area (TPSA) is 92.1 Å². The van der Waals surface area contributed by atoms with Gasteiger partial charge in [-0.2, -0.15) is 13.2 Å². The molecule has 4 heterocycles. The second-order valence-corrected chi connectivity index (χ2v) is 7.47. The molecular weight excluding hydrogens is 401 g/mol. The zero-order valence-corrected chi connectivity index (χ0v) is 16.3. The minimum atomic E-state index is -4.60. The van der Waals surface area contributed by atoms with Crippen molar-refractivity contribution in [2.75, 3.05) is 13.1 Å². The third-order valence-corrected chi connectivity index (χ3v) is 5.41. The van der Waals surface area contributed by atoms with E-state index in [1.807, 2.05) is 0 Å². The van der Waals surface area contributed by atoms with Gasteiger partial charge in [-0.3, -0.25) is 9.59 Å². The van der Waals surface area contributed by atoms with Crippen molar-refractivity contribution in [3.63, 3.8) is 0 Å². The molecule has 1 atom stereocenters. The maximum atomic E-state index is 13.0. The Morgan fingerprint density at radius 2 is 2.07 bits per heavy atom. The summed E-state index contributed by atoms with van der Waals surface area (Å²) in [6.07, 6.45) is -3.22. The molecule has 1 aliphatic heterocycles. The first-order valence-electron chi connectivity index (χ1n) is 9.48. The van der Waals surface area contributed by atoms with Crippen LogP contribution in [0.4, 0.5) is 13.2 Å². The molecule has 1 saturated heterocycles. The van der Waals surface area contributed by atoms with E-state index in [0.29, 0.717) is 48.6 Å². The second kappa shape index (κ2) is 7.26. The number of H-pyrrole nitrogens is 1. The highest BCUT2D eigenvalue weighted by Gasteiger charge is 2.33. The summed E-state index contributed by atoms with van der Waals surface area (Å²) >= 11 is 0. The van der Waals surface area contributed by atoms with Crippen LogP contribution in [0, 0.1) is 13.8 Å². The van der Waals surface area contributed by atoms with Crippen LogP contribution in [0.2, 0.25) is 0 Å². The minimum absolute atomic E-state index is 0.0160. The van der Waals surface area contributed by atoms with Gasteiger partial charge in [-0.05, 0) is 44.9 Å². The molecule has 0 radical (unpaired) electrons. The van der Waals surface area contributed by atoms with Gasteiger partial charge in [-0.15, -0.1) is 0 Å². The molecule has 1 N–H and O–H groups in total. The number of aromatic amines is 1. The lowest BCUT2D eigenvalue weighted by Gasteiger charge is -2.32. The summed E-state index contributed by atoms with van der Waals surface area (Å²) in [5.74, 6) is -0.00389. The molecule has 3 aromatic rings. The number of likely N-dealkylation sites (tertiary alicyclic amines) is 1. The van der Waals surface area contributed by atoms with Crippen molar-refractivity contribution in [1.29, 1.82) is 0 Å². The highest BCUT2D eigenvalue weighted by Crippen LogP contribution is 2.31. The van der Waals surface area contributed by atoms with E-state index in [4.69, 9.17) is 4.52 Å². The fraction of sp³-hybridized carbons (Fsp3) is 0.400. The van der Waals surface area contributed by atoms with Crippen molar-refractivity contribution >= 4 is 16.8 Å². The van der Waals surface area contributed by atoms with E-state index in [1.54, 1.807) is 18.7 Å². The van der Waals surface area contributed by atoms with Crippen molar-refractivity contribution < 1.29 is 22.5 Å². The number of fused-ring (bicyclic) bond motifs is 1. The normalized spacial score (nSPS) is 17.5. The van der Waals surface area contributed by atoms with Gasteiger partial charge in [0.1, 0.15) is 17.0 Å². The van der Waals surface area contributed by atoms with Crippen LogP contribution in [0.1, 0.15) is 52.0 Å². The zero-order chi connectivity index (χ0) is 21.6. The van der Waals surface area contributed by atoms with Gasteiger partial charge in [0, 0.05) is 24.7 Å². The number of hydrogen-bond donors (Lipinski definition) is 1. The second-order valence-electron chi connectivity index (χ2n) is 7.47. The molecule has 1 aliphatic rings. The number of aromatic nitrogens is 3. The molecule has 1 amide bonds. The maximum absolute atomic E-state index is 13.0. The Bertz CT molecular complexity index is 1160. The lowest BCUT2D eigenvalue weighted by Crippen LogP contribution is -2.40. The van der Waals surface area contributed by atoms with Crippen molar-refractivity contribution in [3.05, 3.63) is 57.0 Å². The van der Waals surface area contributed by atoms with E-state index >= 15 is 0 Å². The molecule has 0 aromatic carbocycles. The van der Waals surface area contributed by atoms with Crippen molar-refractivity contribution in [1.82, 2.24) is 20.0 Å². The average Bonchev–Trinajstić information content (AvgIpc) is 3.04. The lowest BCUT2D eigenvalue weighted by atomic mass is 9.93. The SMILES string of the molecule is Cc1noc(C)c1C(=O)N1CCC[C@@H](c2cc3nc(C(F)(F)F)ccc3c(=O)[nH]2)C1. The van der Waals surface area contributed by atoms with Gasteiger partial charge >= 0.3 is 6.18 Å². The fourth-order valence-corrected chi connectivity index (χ4v) is 3.90. The number of pyridine rings is 2. The van der Waals surface area contributed by atoms with E-state index in [-0.39, 0.29) is 22.7 Å². The minimum Gasteiger partial charge on any atom is -0.361 e. The quantitative estimate of drug-likeness (QED) is 0.684. The summed E-state index contributed by atoms with van der Waals surface area (Å²) in [5, 5.41) is 3.90. The smallest absolute Gasteiger partial charge is 0.361 e. The monoisotopic (exact) mass is 420 g/mol. The Balaban J connectivity index is 1.66. The molecule has 0 aliphatic carbocycles. The molecule has 30 heavy (non-hydrogen) atoms. The van der Waals surface area contributed by atoms with E-state index in [1.165, 1.54) is 6.07 Å². The first-order valence-corrected chi connectivity index (χ1v) is 9.48. The van der Waals surface area contributed by atoms with Crippen LogP contribution < -0.4 is 5.56 Å². The largest absolute Gasteiger partial charge is 0.433 e. The van der Waals surface area contributed by atoms with Crippen LogP contribution in [0.5, 0.6) is 0 Å². The predicted octanol–water partition coefficient (Wildman–Crippen LogP) is 3.57. The van der Waals surface area contributed by atoms with Crippen LogP contribution in [-0.4, -0.2) is 39.0 Å². The molecule has 0 saturated carbocycles. The Labute approximate surface area is 168 Å². The standard InChI is InChI=1S/C20H19F3N4O3/c1-10-17(11(2)30-26-10)19(29)27-7-3-4-12(9-27)14-8-15-13(18(28)25-14)5-6-16(24-15)20(21,22)23/h5-6,8,12H,3-4,7,9H2,1-2H3,(H,25,28)/t12-/m1/s1. The first-order chi connectivity index (χ1) is 14.1. The number of carbonyl (C=O) groups excluding carboxylic acids is 1. The third-order valence-electron chi connectivity index (χ3n) is 5.41. The molecule has 1 fully saturated rings. The Morgan fingerprint density at radius 1 is 1.30 bits per heavy atom. The fourth-order valence-electron chi connectivity index (χ4n) is 3.90. The van der Waals surface area contributed by atoms with E-state index < -0.39 is 17.4 Å². The Morgan fingerprint density at radius 3 is 2.73 bits per heavy atom. The summed E-state index contributed by atoms with van der Waals surface area (Å²) in [6, 6.07) is 3.39. The van der Waals surface area contributed by atoms with Crippen molar-refractivity contribution in [3.8, 4) is 0 Å². The number of aryl methyl sites for hydroxylation is 2. The molecule has 10 heteroatoms. The molecule has 0 spiro atoms. The number of hydrogen-bond acceptors (Lipinski definition) is 5. The number of halogens is 3. The van der Waals surface area contributed by atoms with Gasteiger partial charge in [0.05, 0.1) is 16.6 Å². The van der Waals surface area contributed by atoms with Crippen LogP contribution in [0.25, 0.3) is 10.9 Å². The Hall–Kier alpha value is -3.17. The summed E-state index contributed by atoms with van der Waals surface area (Å²) in [7, 11) is 0. The number of nitrogens with zero attached hydrogens (tertiary/aromatic N) is 3. The van der Waals surface area contributed by atoms with Crippen molar-refractivity contribution in [2.24, 2.45) is 0 Å². The van der Waals surface area contributed by atoms with Crippen LogP contribution in [0.15, 0.2) is 27.5 Å². The number of amides is 1. The summed E-state index contributed by atoms with van der Waals surface area (Å²) in [4.78, 5) is 33.4. The number of carbonyl (C=O) groups is 1. The number of rotatable bonds is 2. The van der Waals surface area contributed by atoms with Crippen LogP contribution in [0.3, 0.4) is 0 Å². The van der Waals surface area contributed by atoms with Gasteiger partial charge in [0.2, 0.25) is 0 Å². The van der Waals surface area contributed by atoms with E-state index in [0.717, 1.165) is 12.1 Å². The molecule has 7 nitrogen and oxygen atoms in total. The molecule has 4 rings (SSSR count). The molecule has 3 aromatic heterocycles. The number of piperidine rings is 1. The first kappa shape index (κ1) is 20.1. The van der Waals surface area contributed by atoms with Gasteiger partial charge in [-0.1, -0.05) is 5.16 Å². The molecular formula is C20H19F3N4O3. The lowest BCUT2D eigenvalue weighted by molar-refractivity contribution is -0.140. The van der Waals surface area contributed by atoms with Gasteiger partial charge in [-0.25, -0.2) is 4.98 Å². The van der Waals surface area contributed by atoms with Crippen molar-refractivity contribution in [2.45, 2.75) is 38.8 Å². The molecule has 0 unspecified atom stereocenters. The third kappa shape index (κ3) is 3.57. The summed E-state index contributed by atoms with van der Waals surface area (Å²) < 4.78 is 44.1. The number of alkyl halides is 3. The Kier molecular flexibility index (Phi) is 4.87. The number of nitrogens with one attached hydrogen (secondary N) is 1. The maximum Gasteiger partial charge on any atom is 0.433 e. The van der Waals surface area contributed by atoms with Gasteiger partial charge < -0.3 is 14.4 Å². The van der Waals surface area contributed by atoms with Crippen LogP contribution >= 0.6 is 0 Å². The zero-order valence-electron chi connectivity index (χ0n) is 16.3. The van der Waals surface area contributed by atoms with E-state index in [2.05, 4.69) is 15.1 Å². The summed E-state index contributed by atoms with van der Waals surface area (Å²) in [6.45, 7) is 4.21. The highest BCUT2D eigenvalue weighted by molar-refractivity contribution is 5.96. The average molecular weight is 420 g/mol. The van der Waals surface area contributed by atoms with Crippen LogP contribution in [-0.2, 0) is 6.18 Å². The molecule has 0 bridgehead atoms. The summed E-state index contributed by atoms with van der Waals surface area (Å²) in [5.41, 5.74) is -0.182. The predicted molar refractivity (Wildman–Crippen MR) is 101 cm³/mol. The highest BCUT2D eigenvalue weighted by atomic mass is 19.4. The van der Waals surface area contributed by atoms with Gasteiger partial charge in [0.15, 0.2) is 0 Å².